The lowest BCUT2D eigenvalue weighted by Gasteiger charge is -2.25. The van der Waals surface area contributed by atoms with Gasteiger partial charge in [0.15, 0.2) is 5.82 Å². The zero-order valence-electron chi connectivity index (χ0n) is 16.0. The van der Waals surface area contributed by atoms with Gasteiger partial charge in [0.25, 0.3) is 0 Å². The number of fused-ring (bicyclic) bond motifs is 1. The summed E-state index contributed by atoms with van der Waals surface area (Å²) in [5, 5.41) is 9.51. The number of pyridine rings is 1. The van der Waals surface area contributed by atoms with Crippen molar-refractivity contribution in [3.05, 3.63) is 77.8 Å². The molecule has 0 amide bonds. The second-order valence-electron chi connectivity index (χ2n) is 7.69. The van der Waals surface area contributed by atoms with Crippen molar-refractivity contribution in [3.63, 3.8) is 0 Å². The van der Waals surface area contributed by atoms with E-state index in [1.54, 1.807) is 12.1 Å². The third-order valence-electron chi connectivity index (χ3n) is 4.62. The molecular formula is C23H23FN2O2. The van der Waals surface area contributed by atoms with Crippen molar-refractivity contribution >= 4 is 16.9 Å². The number of nitrogens with zero attached hydrogens (tertiary/aromatic N) is 1. The van der Waals surface area contributed by atoms with Gasteiger partial charge in [-0.1, -0.05) is 42.0 Å². The van der Waals surface area contributed by atoms with Crippen molar-refractivity contribution in [2.45, 2.75) is 32.2 Å². The molecule has 5 heteroatoms. The molecule has 0 aliphatic heterocycles. The predicted molar refractivity (Wildman–Crippen MR) is 110 cm³/mol. The summed E-state index contributed by atoms with van der Waals surface area (Å²) in [4.78, 5) is 15.1. The van der Waals surface area contributed by atoms with Crippen LogP contribution >= 0.6 is 0 Å². The number of carboxylic acids is 1. The van der Waals surface area contributed by atoms with Crippen molar-refractivity contribution in [2.75, 3.05) is 0 Å². The molecule has 3 aromatic rings. The van der Waals surface area contributed by atoms with Gasteiger partial charge < -0.3 is 10.8 Å². The lowest BCUT2D eigenvalue weighted by Crippen LogP contribution is -2.38. The summed E-state index contributed by atoms with van der Waals surface area (Å²) >= 11 is 0. The molecule has 4 nitrogen and oxygen atoms in total. The summed E-state index contributed by atoms with van der Waals surface area (Å²) in [6.07, 6.45) is 2.60. The number of aromatic nitrogens is 1. The molecule has 28 heavy (non-hydrogen) atoms. The van der Waals surface area contributed by atoms with Crippen molar-refractivity contribution in [1.82, 2.24) is 4.98 Å². The summed E-state index contributed by atoms with van der Waals surface area (Å²) in [6.45, 7) is 7.88. The van der Waals surface area contributed by atoms with E-state index >= 15 is 0 Å². The SMILES string of the molecule is C=C(C)CC(C)(N)Cc1ccc(-c2ccc3cc(C(=O)O)cnc3c2F)cc1. The molecule has 3 rings (SSSR count). The maximum atomic E-state index is 15.0. The fourth-order valence-electron chi connectivity index (χ4n) is 3.53. The molecule has 3 N–H and O–H groups in total. The maximum absolute atomic E-state index is 15.0. The number of carboxylic acid groups (broad SMARTS) is 1. The predicted octanol–water partition coefficient (Wildman–Crippen LogP) is 4.97. The fraction of sp³-hybridized carbons (Fsp3) is 0.217. The van der Waals surface area contributed by atoms with Crippen LogP contribution in [0.25, 0.3) is 22.0 Å². The summed E-state index contributed by atoms with van der Waals surface area (Å²) in [5.74, 6) is -1.55. The standard InChI is InChI=1S/C23H23FN2O2/c1-14(2)11-23(3,25)12-15-4-6-16(7-5-15)19-9-8-17-10-18(22(27)28)13-26-21(17)20(19)24/h4-10,13H,1,11-12,25H2,2-3H3,(H,27,28). The first kappa shape index (κ1) is 19.7. The van der Waals surface area contributed by atoms with Crippen LogP contribution in [-0.2, 0) is 6.42 Å². The maximum Gasteiger partial charge on any atom is 0.337 e. The molecule has 144 valence electrons. The first-order chi connectivity index (χ1) is 13.2. The smallest absolute Gasteiger partial charge is 0.337 e. The Morgan fingerprint density at radius 3 is 2.54 bits per heavy atom. The van der Waals surface area contributed by atoms with Gasteiger partial charge in [-0.25, -0.2) is 9.18 Å². The molecule has 0 aliphatic rings. The Morgan fingerprint density at radius 1 is 1.25 bits per heavy atom. The molecule has 0 spiro atoms. The van der Waals surface area contributed by atoms with Crippen molar-refractivity contribution < 1.29 is 14.3 Å². The Labute approximate surface area is 163 Å². The summed E-state index contributed by atoms with van der Waals surface area (Å²) in [7, 11) is 0. The second kappa shape index (κ2) is 7.52. The van der Waals surface area contributed by atoms with E-state index in [1.807, 2.05) is 38.1 Å². The quantitative estimate of drug-likeness (QED) is 0.594. The highest BCUT2D eigenvalue weighted by atomic mass is 19.1. The zero-order valence-corrected chi connectivity index (χ0v) is 16.0. The van der Waals surface area contributed by atoms with E-state index in [9.17, 15) is 9.18 Å². The zero-order chi connectivity index (χ0) is 20.5. The Bertz CT molecular complexity index is 1060. The number of hydrogen-bond acceptors (Lipinski definition) is 3. The van der Waals surface area contributed by atoms with Crippen molar-refractivity contribution in [1.29, 1.82) is 0 Å². The average molecular weight is 378 g/mol. The van der Waals surface area contributed by atoms with E-state index in [2.05, 4.69) is 11.6 Å². The highest BCUT2D eigenvalue weighted by Crippen LogP contribution is 2.29. The van der Waals surface area contributed by atoms with Crippen molar-refractivity contribution in [2.24, 2.45) is 5.73 Å². The molecule has 0 fully saturated rings. The summed E-state index contributed by atoms with van der Waals surface area (Å²) in [6, 6.07) is 12.4. The Hall–Kier alpha value is -3.05. The van der Waals surface area contributed by atoms with Gasteiger partial charge in [0.2, 0.25) is 0 Å². The number of carbonyl (C=O) groups is 1. The third-order valence-corrected chi connectivity index (χ3v) is 4.62. The average Bonchev–Trinajstić information content (AvgIpc) is 2.61. The number of benzene rings is 2. The minimum absolute atomic E-state index is 0.0311. The Kier molecular flexibility index (Phi) is 5.29. The molecule has 0 saturated heterocycles. The van der Waals surface area contributed by atoms with Gasteiger partial charge in [0, 0.05) is 22.7 Å². The summed E-state index contributed by atoms with van der Waals surface area (Å²) < 4.78 is 15.0. The molecule has 1 aromatic heterocycles. The number of hydrogen-bond donors (Lipinski definition) is 2. The van der Waals surface area contributed by atoms with Gasteiger partial charge >= 0.3 is 5.97 Å². The Balaban J connectivity index is 1.90. The fourth-order valence-corrected chi connectivity index (χ4v) is 3.53. The van der Waals surface area contributed by atoms with Crippen molar-refractivity contribution in [3.8, 4) is 11.1 Å². The van der Waals surface area contributed by atoms with Gasteiger partial charge in [0.1, 0.15) is 5.52 Å². The van der Waals surface area contributed by atoms with Crippen LogP contribution in [0.15, 0.2) is 60.8 Å². The molecule has 0 radical (unpaired) electrons. The van der Waals surface area contributed by atoms with Crippen LogP contribution in [0.5, 0.6) is 0 Å². The van der Waals surface area contributed by atoms with Crippen LogP contribution in [0, 0.1) is 5.82 Å². The number of aromatic carboxylic acids is 1. The van der Waals surface area contributed by atoms with E-state index in [-0.39, 0.29) is 16.6 Å². The second-order valence-corrected chi connectivity index (χ2v) is 7.69. The van der Waals surface area contributed by atoms with Crippen LogP contribution in [0.2, 0.25) is 0 Å². The van der Waals surface area contributed by atoms with Crippen LogP contribution in [-0.4, -0.2) is 21.6 Å². The monoisotopic (exact) mass is 378 g/mol. The van der Waals surface area contributed by atoms with E-state index in [4.69, 9.17) is 10.8 Å². The Morgan fingerprint density at radius 2 is 1.93 bits per heavy atom. The van der Waals surface area contributed by atoms with Gasteiger partial charge in [-0.3, -0.25) is 4.98 Å². The van der Waals surface area contributed by atoms with Crippen LogP contribution in [0.4, 0.5) is 4.39 Å². The lowest BCUT2D eigenvalue weighted by atomic mass is 9.87. The highest BCUT2D eigenvalue weighted by Gasteiger charge is 2.19. The van der Waals surface area contributed by atoms with E-state index < -0.39 is 11.8 Å². The van der Waals surface area contributed by atoms with Crippen LogP contribution in [0.3, 0.4) is 0 Å². The molecule has 1 atom stereocenters. The number of nitrogens with two attached hydrogens (primary N) is 1. The third kappa shape index (κ3) is 4.26. The van der Waals surface area contributed by atoms with Crippen LogP contribution in [0.1, 0.15) is 36.2 Å². The van der Waals surface area contributed by atoms with E-state index in [1.165, 1.54) is 12.3 Å². The summed E-state index contributed by atoms with van der Waals surface area (Å²) in [5.41, 5.74) is 9.41. The largest absolute Gasteiger partial charge is 0.478 e. The van der Waals surface area contributed by atoms with Gasteiger partial charge in [0.05, 0.1) is 5.56 Å². The molecule has 2 aromatic carbocycles. The molecule has 0 aliphatic carbocycles. The minimum Gasteiger partial charge on any atom is -0.478 e. The van der Waals surface area contributed by atoms with Gasteiger partial charge in [-0.05, 0) is 43.9 Å². The molecule has 1 unspecified atom stereocenters. The minimum atomic E-state index is -1.09. The first-order valence-electron chi connectivity index (χ1n) is 9.00. The van der Waals surface area contributed by atoms with Gasteiger partial charge in [-0.2, -0.15) is 0 Å². The molecular weight excluding hydrogens is 355 g/mol. The van der Waals surface area contributed by atoms with E-state index in [0.29, 0.717) is 17.4 Å². The normalized spacial score (nSPS) is 13.3. The van der Waals surface area contributed by atoms with Crippen LogP contribution < -0.4 is 5.73 Å². The van der Waals surface area contributed by atoms with E-state index in [0.717, 1.165) is 23.1 Å². The first-order valence-corrected chi connectivity index (χ1v) is 9.00. The highest BCUT2D eigenvalue weighted by molar-refractivity contribution is 5.93. The van der Waals surface area contributed by atoms with Gasteiger partial charge in [-0.15, -0.1) is 6.58 Å². The molecule has 0 saturated carbocycles. The number of rotatable bonds is 6. The topological polar surface area (TPSA) is 76.2 Å². The molecule has 0 bridgehead atoms. The number of halogens is 1. The molecule has 1 heterocycles. The lowest BCUT2D eigenvalue weighted by molar-refractivity contribution is 0.0696.